The minimum absolute atomic E-state index is 0.0641. The fraction of sp³-hybridized carbons (Fsp3) is 0.533. The smallest absolute Gasteiger partial charge is 0.255 e. The molecule has 1 aromatic rings. The Morgan fingerprint density at radius 1 is 1.20 bits per heavy atom. The summed E-state index contributed by atoms with van der Waals surface area (Å²) in [6.45, 7) is 4.40. The summed E-state index contributed by atoms with van der Waals surface area (Å²) in [6, 6.07) is 7.61. The highest BCUT2D eigenvalue weighted by Gasteiger charge is 2.40. The van der Waals surface area contributed by atoms with Gasteiger partial charge in [0.1, 0.15) is 0 Å². The molecule has 2 fully saturated rings. The molecule has 0 radical (unpaired) electrons. The van der Waals surface area contributed by atoms with E-state index < -0.39 is 0 Å². The second-order valence-corrected chi connectivity index (χ2v) is 6.76. The molecule has 1 aromatic carbocycles. The van der Waals surface area contributed by atoms with Crippen LogP contribution in [0.3, 0.4) is 0 Å². The van der Waals surface area contributed by atoms with Crippen molar-refractivity contribution < 1.29 is 4.79 Å². The minimum atomic E-state index is 0.0641. The number of piperazine rings is 1. The molecule has 0 atom stereocenters. The van der Waals surface area contributed by atoms with Crippen LogP contribution in [0.2, 0.25) is 0 Å². The van der Waals surface area contributed by atoms with Gasteiger partial charge in [0.25, 0.3) is 5.91 Å². The molecule has 108 valence electrons. The van der Waals surface area contributed by atoms with E-state index in [2.05, 4.69) is 20.8 Å². The first-order valence-corrected chi connectivity index (χ1v) is 7.92. The Labute approximate surface area is 128 Å². The molecule has 1 aliphatic heterocycles. The van der Waals surface area contributed by atoms with Crippen LogP contribution < -0.4 is 5.73 Å². The number of hydrogen-bond acceptors (Lipinski definition) is 3. The highest BCUT2D eigenvalue weighted by molar-refractivity contribution is 9.10. The number of amides is 1. The third kappa shape index (κ3) is 3.05. The zero-order valence-electron chi connectivity index (χ0n) is 11.5. The van der Waals surface area contributed by atoms with Gasteiger partial charge in [-0.1, -0.05) is 12.1 Å². The summed E-state index contributed by atoms with van der Waals surface area (Å²) >= 11 is 3.45. The van der Waals surface area contributed by atoms with Crippen molar-refractivity contribution in [2.75, 3.05) is 32.7 Å². The second kappa shape index (κ2) is 5.47. The first-order valence-electron chi connectivity index (χ1n) is 7.12. The molecule has 0 spiro atoms. The van der Waals surface area contributed by atoms with E-state index in [9.17, 15) is 4.79 Å². The lowest BCUT2D eigenvalue weighted by molar-refractivity contribution is 0.0626. The summed E-state index contributed by atoms with van der Waals surface area (Å²) in [5.74, 6) is 0.117. The van der Waals surface area contributed by atoms with Gasteiger partial charge in [0.15, 0.2) is 0 Å². The third-order valence-electron chi connectivity index (χ3n) is 4.19. The fourth-order valence-corrected chi connectivity index (χ4v) is 3.13. The Balaban J connectivity index is 1.58. The number of halogens is 1. The van der Waals surface area contributed by atoms with Crippen molar-refractivity contribution in [3.8, 4) is 0 Å². The Morgan fingerprint density at radius 2 is 1.85 bits per heavy atom. The average Bonchev–Trinajstić information content (AvgIpc) is 3.17. The van der Waals surface area contributed by atoms with E-state index in [0.717, 1.165) is 55.6 Å². The summed E-state index contributed by atoms with van der Waals surface area (Å²) in [6.07, 6.45) is 2.28. The van der Waals surface area contributed by atoms with Gasteiger partial charge in [-0.3, -0.25) is 9.69 Å². The molecule has 1 aliphatic carbocycles. The van der Waals surface area contributed by atoms with Crippen molar-refractivity contribution >= 4 is 21.8 Å². The molecule has 1 saturated heterocycles. The molecule has 20 heavy (non-hydrogen) atoms. The molecule has 0 unspecified atom stereocenters. The van der Waals surface area contributed by atoms with Crippen molar-refractivity contribution in [2.24, 2.45) is 5.73 Å². The summed E-state index contributed by atoms with van der Waals surface area (Å²) in [7, 11) is 0. The van der Waals surface area contributed by atoms with E-state index in [1.807, 2.05) is 29.2 Å². The van der Waals surface area contributed by atoms with Crippen LogP contribution >= 0.6 is 15.9 Å². The fourth-order valence-electron chi connectivity index (χ4n) is 2.68. The molecule has 1 saturated carbocycles. The zero-order valence-corrected chi connectivity index (χ0v) is 13.1. The van der Waals surface area contributed by atoms with Gasteiger partial charge < -0.3 is 10.6 Å². The standard InChI is InChI=1S/C15H20BrN3O/c16-13-4-2-1-3-12(13)14(20)19-9-7-18(8-10-19)11-15(17)5-6-15/h1-4H,5-11,17H2. The van der Waals surface area contributed by atoms with Crippen molar-refractivity contribution in [2.45, 2.75) is 18.4 Å². The first-order chi connectivity index (χ1) is 9.57. The summed E-state index contributed by atoms with van der Waals surface area (Å²) < 4.78 is 0.867. The summed E-state index contributed by atoms with van der Waals surface area (Å²) in [5.41, 5.74) is 6.97. The molecule has 2 N–H and O–H groups in total. The van der Waals surface area contributed by atoms with E-state index in [0.29, 0.717) is 0 Å². The number of nitrogens with zero attached hydrogens (tertiary/aromatic N) is 2. The van der Waals surface area contributed by atoms with E-state index >= 15 is 0 Å². The molecule has 1 heterocycles. The lowest BCUT2D eigenvalue weighted by atomic mass is 10.1. The van der Waals surface area contributed by atoms with Crippen LogP contribution in [0.1, 0.15) is 23.2 Å². The number of benzene rings is 1. The minimum Gasteiger partial charge on any atom is -0.336 e. The Bertz CT molecular complexity index is 508. The largest absolute Gasteiger partial charge is 0.336 e. The van der Waals surface area contributed by atoms with Crippen LogP contribution in [0.4, 0.5) is 0 Å². The SMILES string of the molecule is NC1(CN2CCN(C(=O)c3ccccc3Br)CC2)CC1. The maximum Gasteiger partial charge on any atom is 0.255 e. The quantitative estimate of drug-likeness (QED) is 0.913. The maximum atomic E-state index is 12.5. The molecular weight excluding hydrogens is 318 g/mol. The Hall–Kier alpha value is -0.910. The van der Waals surface area contributed by atoms with E-state index in [-0.39, 0.29) is 11.4 Å². The van der Waals surface area contributed by atoms with Crippen LogP contribution in [0, 0.1) is 0 Å². The third-order valence-corrected chi connectivity index (χ3v) is 4.89. The molecule has 2 aliphatic rings. The topological polar surface area (TPSA) is 49.6 Å². The molecular formula is C15H20BrN3O. The normalized spacial score (nSPS) is 21.8. The first kappa shape index (κ1) is 14.0. The molecule has 1 amide bonds. The van der Waals surface area contributed by atoms with Crippen LogP contribution in [-0.4, -0.2) is 54.0 Å². The van der Waals surface area contributed by atoms with Crippen molar-refractivity contribution in [3.63, 3.8) is 0 Å². The maximum absolute atomic E-state index is 12.5. The monoisotopic (exact) mass is 337 g/mol. The predicted octanol–water partition coefficient (Wildman–Crippen LogP) is 1.70. The molecule has 5 heteroatoms. The lowest BCUT2D eigenvalue weighted by Gasteiger charge is -2.36. The van der Waals surface area contributed by atoms with Gasteiger partial charge in [-0.25, -0.2) is 0 Å². The second-order valence-electron chi connectivity index (χ2n) is 5.91. The van der Waals surface area contributed by atoms with Crippen LogP contribution in [-0.2, 0) is 0 Å². The van der Waals surface area contributed by atoms with Crippen molar-refractivity contribution in [3.05, 3.63) is 34.3 Å². The number of carbonyl (C=O) groups is 1. The molecule has 4 nitrogen and oxygen atoms in total. The highest BCUT2D eigenvalue weighted by atomic mass is 79.9. The van der Waals surface area contributed by atoms with Crippen LogP contribution in [0.5, 0.6) is 0 Å². The summed E-state index contributed by atoms with van der Waals surface area (Å²) in [5, 5.41) is 0. The van der Waals surface area contributed by atoms with Gasteiger partial charge in [-0.15, -0.1) is 0 Å². The Morgan fingerprint density at radius 3 is 2.45 bits per heavy atom. The van der Waals surface area contributed by atoms with Gasteiger partial charge >= 0.3 is 0 Å². The van der Waals surface area contributed by atoms with Gasteiger partial charge in [-0.05, 0) is 40.9 Å². The van der Waals surface area contributed by atoms with Crippen molar-refractivity contribution in [1.82, 2.24) is 9.80 Å². The van der Waals surface area contributed by atoms with Gasteiger partial charge in [0.2, 0.25) is 0 Å². The van der Waals surface area contributed by atoms with Gasteiger partial charge in [0.05, 0.1) is 5.56 Å². The van der Waals surface area contributed by atoms with E-state index in [1.54, 1.807) is 0 Å². The molecule has 0 aromatic heterocycles. The van der Waals surface area contributed by atoms with E-state index in [4.69, 9.17) is 5.73 Å². The van der Waals surface area contributed by atoms with Crippen molar-refractivity contribution in [1.29, 1.82) is 0 Å². The van der Waals surface area contributed by atoms with Gasteiger partial charge in [0, 0.05) is 42.7 Å². The lowest BCUT2D eigenvalue weighted by Crippen LogP contribution is -2.52. The number of nitrogens with two attached hydrogens (primary N) is 1. The number of rotatable bonds is 3. The van der Waals surface area contributed by atoms with Crippen LogP contribution in [0.15, 0.2) is 28.7 Å². The molecule has 0 bridgehead atoms. The number of hydrogen-bond donors (Lipinski definition) is 1. The average molecular weight is 338 g/mol. The summed E-state index contributed by atoms with van der Waals surface area (Å²) in [4.78, 5) is 16.8. The van der Waals surface area contributed by atoms with Gasteiger partial charge in [-0.2, -0.15) is 0 Å². The highest BCUT2D eigenvalue weighted by Crippen LogP contribution is 2.33. The van der Waals surface area contributed by atoms with Crippen LogP contribution in [0.25, 0.3) is 0 Å². The Kier molecular flexibility index (Phi) is 3.84. The predicted molar refractivity (Wildman–Crippen MR) is 82.6 cm³/mol. The molecule has 3 rings (SSSR count). The zero-order chi connectivity index (χ0) is 14.2. The van der Waals surface area contributed by atoms with E-state index in [1.165, 1.54) is 0 Å². The number of carbonyl (C=O) groups excluding carboxylic acids is 1.